The first-order chi connectivity index (χ1) is 22.0. The van der Waals surface area contributed by atoms with Gasteiger partial charge in [-0.15, -0.1) is 0 Å². The van der Waals surface area contributed by atoms with Crippen LogP contribution < -0.4 is 14.4 Å². The van der Waals surface area contributed by atoms with Crippen LogP contribution in [-0.2, 0) is 32.6 Å². The van der Waals surface area contributed by atoms with E-state index < -0.39 is 28.5 Å². The lowest BCUT2D eigenvalue weighted by Gasteiger charge is -2.34. The summed E-state index contributed by atoms with van der Waals surface area (Å²) in [5.41, 5.74) is 1.73. The Kier molecular flexibility index (Phi) is 12.3. The molecule has 46 heavy (non-hydrogen) atoms. The minimum atomic E-state index is -4.23. The summed E-state index contributed by atoms with van der Waals surface area (Å²) in [7, 11) is -4.23. The number of ether oxygens (including phenoxy) is 1. The van der Waals surface area contributed by atoms with Gasteiger partial charge in [0.2, 0.25) is 11.8 Å². The minimum Gasteiger partial charge on any atom is -0.494 e. The van der Waals surface area contributed by atoms with E-state index in [2.05, 4.69) is 21.2 Å². The van der Waals surface area contributed by atoms with E-state index in [1.807, 2.05) is 51.1 Å². The van der Waals surface area contributed by atoms with Gasteiger partial charge in [0, 0.05) is 28.5 Å². The lowest BCUT2D eigenvalue weighted by atomic mass is 10.0. The fourth-order valence-corrected chi connectivity index (χ4v) is 6.76. The van der Waals surface area contributed by atoms with E-state index in [0.29, 0.717) is 27.4 Å². The molecular formula is C35H37BrClN3O5S. The van der Waals surface area contributed by atoms with Gasteiger partial charge in [-0.2, -0.15) is 0 Å². The molecular weight excluding hydrogens is 690 g/mol. The van der Waals surface area contributed by atoms with Crippen molar-refractivity contribution in [1.82, 2.24) is 10.2 Å². The smallest absolute Gasteiger partial charge is 0.264 e. The van der Waals surface area contributed by atoms with Crippen LogP contribution in [0.2, 0.25) is 5.02 Å². The van der Waals surface area contributed by atoms with E-state index in [9.17, 15) is 18.0 Å². The predicted octanol–water partition coefficient (Wildman–Crippen LogP) is 6.86. The van der Waals surface area contributed by atoms with Crippen molar-refractivity contribution >= 4 is 55.1 Å². The van der Waals surface area contributed by atoms with Crippen LogP contribution in [-0.4, -0.2) is 50.4 Å². The lowest BCUT2D eigenvalue weighted by Crippen LogP contribution is -2.54. The number of nitrogens with zero attached hydrogens (tertiary/aromatic N) is 2. The van der Waals surface area contributed by atoms with Crippen molar-refractivity contribution in [2.24, 2.45) is 0 Å². The molecule has 0 unspecified atom stereocenters. The number of sulfonamides is 1. The summed E-state index contributed by atoms with van der Waals surface area (Å²) >= 11 is 9.90. The highest BCUT2D eigenvalue weighted by Crippen LogP contribution is 2.28. The van der Waals surface area contributed by atoms with Crippen molar-refractivity contribution in [3.05, 3.63) is 124 Å². The monoisotopic (exact) mass is 725 g/mol. The summed E-state index contributed by atoms with van der Waals surface area (Å²) in [6, 6.07) is 28.0. The summed E-state index contributed by atoms with van der Waals surface area (Å²) in [5.74, 6) is -0.371. The van der Waals surface area contributed by atoms with Crippen molar-refractivity contribution in [3.63, 3.8) is 0 Å². The zero-order valence-electron chi connectivity index (χ0n) is 25.9. The highest BCUT2D eigenvalue weighted by atomic mass is 79.9. The number of anilines is 1. The molecule has 11 heteroatoms. The molecule has 1 N–H and O–H groups in total. The normalized spacial score (nSPS) is 12.0. The number of hydrogen-bond donors (Lipinski definition) is 1. The van der Waals surface area contributed by atoms with Gasteiger partial charge < -0.3 is 15.0 Å². The van der Waals surface area contributed by atoms with E-state index in [0.717, 1.165) is 9.87 Å². The molecule has 0 fully saturated rings. The first-order valence-electron chi connectivity index (χ1n) is 14.9. The van der Waals surface area contributed by atoms with E-state index in [4.69, 9.17) is 16.3 Å². The summed E-state index contributed by atoms with van der Waals surface area (Å²) in [4.78, 5) is 29.8. The molecule has 4 rings (SSSR count). The molecule has 1 atom stereocenters. The van der Waals surface area contributed by atoms with Gasteiger partial charge in [-0.1, -0.05) is 76.1 Å². The Morgan fingerprint density at radius 3 is 2.13 bits per heavy atom. The van der Waals surface area contributed by atoms with Gasteiger partial charge in [0.05, 0.1) is 17.2 Å². The Morgan fingerprint density at radius 1 is 0.891 bits per heavy atom. The highest BCUT2D eigenvalue weighted by molar-refractivity contribution is 9.10. The maximum Gasteiger partial charge on any atom is 0.264 e. The van der Waals surface area contributed by atoms with E-state index in [-0.39, 0.29) is 35.5 Å². The third-order valence-electron chi connectivity index (χ3n) is 7.12. The lowest BCUT2D eigenvalue weighted by molar-refractivity contribution is -0.140. The van der Waals surface area contributed by atoms with Crippen LogP contribution in [0, 0.1) is 0 Å². The topological polar surface area (TPSA) is 96.0 Å². The maximum atomic E-state index is 14.5. The SMILES string of the molecule is CCOc1ccc(N(CC(=O)N(Cc2ccccc2Cl)[C@@H](Cc2ccccc2)C(=O)NC(C)C)S(=O)(=O)c2ccc(Br)cc2)cc1. The zero-order chi connectivity index (χ0) is 33.3. The standard InChI is InChI=1S/C35H37BrClN3O5S/c1-4-45-30-18-16-29(17-19-30)40(46(43,44)31-20-14-28(36)15-21-31)24-34(41)39(23-27-12-8-9-13-32(27)37)33(35(42)38-25(2)3)22-26-10-6-5-7-11-26/h5-21,25,33H,4,22-24H2,1-3H3,(H,38,42)/t33-/m0/s1. The molecule has 242 valence electrons. The minimum absolute atomic E-state index is 0.00780. The van der Waals surface area contributed by atoms with Crippen molar-refractivity contribution in [2.45, 2.75) is 50.7 Å². The van der Waals surface area contributed by atoms with Crippen LogP contribution in [0.1, 0.15) is 31.9 Å². The molecule has 8 nitrogen and oxygen atoms in total. The Hall–Kier alpha value is -3.86. The first-order valence-corrected chi connectivity index (χ1v) is 17.5. The number of amides is 2. The molecule has 0 heterocycles. The van der Waals surface area contributed by atoms with Crippen LogP contribution in [0.4, 0.5) is 5.69 Å². The molecule has 0 spiro atoms. The van der Waals surface area contributed by atoms with Gasteiger partial charge in [-0.3, -0.25) is 13.9 Å². The molecule has 4 aromatic carbocycles. The van der Waals surface area contributed by atoms with Crippen molar-refractivity contribution in [1.29, 1.82) is 0 Å². The molecule has 0 aliphatic rings. The second-order valence-corrected chi connectivity index (χ2v) is 14.1. The average molecular weight is 727 g/mol. The Morgan fingerprint density at radius 2 is 1.52 bits per heavy atom. The van der Waals surface area contributed by atoms with Crippen LogP contribution in [0.5, 0.6) is 5.75 Å². The van der Waals surface area contributed by atoms with Crippen LogP contribution in [0.3, 0.4) is 0 Å². The van der Waals surface area contributed by atoms with Crippen molar-refractivity contribution < 1.29 is 22.7 Å². The molecule has 0 saturated carbocycles. The number of benzene rings is 4. The van der Waals surface area contributed by atoms with Gasteiger partial charge in [-0.25, -0.2) is 8.42 Å². The number of hydrogen-bond acceptors (Lipinski definition) is 5. The number of halogens is 2. The largest absolute Gasteiger partial charge is 0.494 e. The third-order valence-corrected chi connectivity index (χ3v) is 9.80. The fourth-order valence-electron chi connectivity index (χ4n) is 4.88. The zero-order valence-corrected chi connectivity index (χ0v) is 29.1. The van der Waals surface area contributed by atoms with Crippen molar-refractivity contribution in [3.8, 4) is 5.75 Å². The highest BCUT2D eigenvalue weighted by Gasteiger charge is 2.35. The number of carbonyl (C=O) groups excluding carboxylic acids is 2. The molecule has 0 bridgehead atoms. The maximum absolute atomic E-state index is 14.5. The predicted molar refractivity (Wildman–Crippen MR) is 185 cm³/mol. The van der Waals surface area contributed by atoms with E-state index >= 15 is 0 Å². The van der Waals surface area contributed by atoms with Gasteiger partial charge in [0.15, 0.2) is 0 Å². The Bertz CT molecular complexity index is 1720. The number of carbonyl (C=O) groups is 2. The van der Waals surface area contributed by atoms with Gasteiger partial charge in [0.1, 0.15) is 18.3 Å². The summed E-state index contributed by atoms with van der Waals surface area (Å²) in [6.45, 7) is 5.39. The average Bonchev–Trinajstić information content (AvgIpc) is 3.03. The van der Waals surface area contributed by atoms with Gasteiger partial charge in [0.25, 0.3) is 10.0 Å². The Labute approximate surface area is 284 Å². The number of nitrogens with one attached hydrogen (secondary N) is 1. The van der Waals surface area contributed by atoms with Gasteiger partial charge >= 0.3 is 0 Å². The molecule has 0 saturated heterocycles. The Balaban J connectivity index is 1.81. The molecule has 2 amide bonds. The van der Waals surface area contributed by atoms with Crippen LogP contribution >= 0.6 is 27.5 Å². The summed E-state index contributed by atoms with van der Waals surface area (Å²) < 4.78 is 35.7. The summed E-state index contributed by atoms with van der Waals surface area (Å²) in [5, 5.41) is 3.37. The van der Waals surface area contributed by atoms with Crippen LogP contribution in [0.25, 0.3) is 0 Å². The third kappa shape index (κ3) is 9.11. The second-order valence-electron chi connectivity index (χ2n) is 10.9. The second kappa shape index (κ2) is 16.1. The van der Waals surface area contributed by atoms with Crippen molar-refractivity contribution in [2.75, 3.05) is 17.5 Å². The van der Waals surface area contributed by atoms with E-state index in [1.165, 1.54) is 17.0 Å². The molecule has 0 radical (unpaired) electrons. The number of rotatable bonds is 14. The molecule has 0 aliphatic carbocycles. The molecule has 0 aliphatic heterocycles. The summed E-state index contributed by atoms with van der Waals surface area (Å²) in [6.07, 6.45) is 0.206. The van der Waals surface area contributed by atoms with Crippen LogP contribution in [0.15, 0.2) is 112 Å². The fraction of sp³-hybridized carbons (Fsp3) is 0.257. The first kappa shape index (κ1) is 35.0. The molecule has 4 aromatic rings. The van der Waals surface area contributed by atoms with E-state index in [1.54, 1.807) is 60.7 Å². The quantitative estimate of drug-likeness (QED) is 0.153. The van der Waals surface area contributed by atoms with Gasteiger partial charge in [-0.05, 0) is 86.5 Å². The molecule has 0 aromatic heterocycles.